The minimum Gasteiger partial charge on any atom is -0.389 e. The van der Waals surface area contributed by atoms with Crippen molar-refractivity contribution in [1.29, 1.82) is 0 Å². The number of thiocarbonyl (C=S) groups is 1. The predicted molar refractivity (Wildman–Crippen MR) is 89.1 cm³/mol. The molecule has 0 aliphatic carbocycles. The molecule has 0 radical (unpaired) electrons. The number of nitrogens with zero attached hydrogens (tertiary/aromatic N) is 1. The van der Waals surface area contributed by atoms with Gasteiger partial charge in [0, 0.05) is 22.1 Å². The Kier molecular flexibility index (Phi) is 4.26. The smallest absolute Gasteiger partial charge is 0.107 e. The molecule has 3 N–H and O–H groups in total. The van der Waals surface area contributed by atoms with Gasteiger partial charge in [-0.15, -0.1) is 0 Å². The van der Waals surface area contributed by atoms with E-state index in [1.807, 2.05) is 45.0 Å². The third kappa shape index (κ3) is 3.08. The van der Waals surface area contributed by atoms with Gasteiger partial charge >= 0.3 is 0 Å². The average molecular weight is 306 g/mol. The summed E-state index contributed by atoms with van der Waals surface area (Å²) < 4.78 is 0. The van der Waals surface area contributed by atoms with Gasteiger partial charge in [0.15, 0.2) is 0 Å². The highest BCUT2D eigenvalue weighted by atomic mass is 35.5. The van der Waals surface area contributed by atoms with Crippen LogP contribution in [0.1, 0.15) is 22.5 Å². The van der Waals surface area contributed by atoms with Crippen LogP contribution in [0, 0.1) is 20.8 Å². The van der Waals surface area contributed by atoms with E-state index in [1.165, 1.54) is 0 Å². The Balaban J connectivity index is 2.53. The SMILES string of the molecule is Cc1cc(Nc2cc(Cl)ccc2C)c(C(N)=S)c(C)n1. The molecule has 0 spiro atoms. The van der Waals surface area contributed by atoms with Crippen molar-refractivity contribution >= 4 is 40.2 Å². The summed E-state index contributed by atoms with van der Waals surface area (Å²) in [5, 5.41) is 4.03. The molecule has 0 fully saturated rings. The summed E-state index contributed by atoms with van der Waals surface area (Å²) in [6.07, 6.45) is 0. The van der Waals surface area contributed by atoms with Gasteiger partial charge < -0.3 is 11.1 Å². The Morgan fingerprint density at radius 1 is 1.20 bits per heavy atom. The second-order valence-corrected chi connectivity index (χ2v) is 5.60. The monoisotopic (exact) mass is 305 g/mol. The van der Waals surface area contributed by atoms with E-state index in [4.69, 9.17) is 29.6 Å². The van der Waals surface area contributed by atoms with Crippen LogP contribution in [-0.4, -0.2) is 9.97 Å². The number of hydrogen-bond acceptors (Lipinski definition) is 3. The van der Waals surface area contributed by atoms with E-state index in [2.05, 4.69) is 10.3 Å². The highest BCUT2D eigenvalue weighted by Gasteiger charge is 2.12. The maximum absolute atomic E-state index is 6.05. The van der Waals surface area contributed by atoms with Crippen molar-refractivity contribution in [2.45, 2.75) is 20.8 Å². The molecule has 2 rings (SSSR count). The van der Waals surface area contributed by atoms with E-state index in [0.717, 1.165) is 33.9 Å². The van der Waals surface area contributed by atoms with Crippen molar-refractivity contribution in [1.82, 2.24) is 4.98 Å². The third-order valence-corrected chi connectivity index (χ3v) is 3.48. The molecule has 2 aromatic rings. The van der Waals surface area contributed by atoms with Crippen LogP contribution in [0.25, 0.3) is 0 Å². The van der Waals surface area contributed by atoms with Crippen molar-refractivity contribution in [3.8, 4) is 0 Å². The standard InChI is InChI=1S/C15H16ClN3S/c1-8-4-5-11(16)7-12(8)19-13-6-9(2)18-10(3)14(13)15(17)20/h4-7H,1-3H3,(H2,17,20)(H,18,19). The van der Waals surface area contributed by atoms with Crippen molar-refractivity contribution in [2.75, 3.05) is 5.32 Å². The Hall–Kier alpha value is -1.65. The molecular weight excluding hydrogens is 290 g/mol. The molecule has 0 unspecified atom stereocenters. The van der Waals surface area contributed by atoms with Crippen molar-refractivity contribution in [2.24, 2.45) is 5.73 Å². The van der Waals surface area contributed by atoms with Crippen LogP contribution in [0.3, 0.4) is 0 Å². The summed E-state index contributed by atoms with van der Waals surface area (Å²) in [5.41, 5.74) is 11.2. The molecule has 1 heterocycles. The van der Waals surface area contributed by atoms with Crippen LogP contribution < -0.4 is 11.1 Å². The summed E-state index contributed by atoms with van der Waals surface area (Å²) in [6, 6.07) is 7.64. The predicted octanol–water partition coefficient (Wildman–Crippen LogP) is 4.04. The maximum atomic E-state index is 6.05. The number of nitrogens with two attached hydrogens (primary N) is 1. The average Bonchev–Trinajstić information content (AvgIpc) is 2.32. The van der Waals surface area contributed by atoms with Gasteiger partial charge in [-0.05, 0) is 44.5 Å². The number of nitrogens with one attached hydrogen (secondary N) is 1. The second-order valence-electron chi connectivity index (χ2n) is 4.72. The number of aromatic nitrogens is 1. The van der Waals surface area contributed by atoms with Gasteiger partial charge in [-0.2, -0.15) is 0 Å². The van der Waals surface area contributed by atoms with E-state index in [-0.39, 0.29) is 0 Å². The first-order valence-electron chi connectivity index (χ1n) is 6.19. The minimum atomic E-state index is 0.331. The summed E-state index contributed by atoms with van der Waals surface area (Å²) in [7, 11) is 0. The minimum absolute atomic E-state index is 0.331. The van der Waals surface area contributed by atoms with Gasteiger partial charge in [0.2, 0.25) is 0 Å². The maximum Gasteiger partial charge on any atom is 0.107 e. The summed E-state index contributed by atoms with van der Waals surface area (Å²) in [5.74, 6) is 0. The number of aryl methyl sites for hydroxylation is 3. The van der Waals surface area contributed by atoms with Gasteiger partial charge in [-0.3, -0.25) is 4.98 Å². The Labute approximate surface area is 129 Å². The zero-order valence-electron chi connectivity index (χ0n) is 11.6. The fourth-order valence-electron chi connectivity index (χ4n) is 2.11. The molecule has 0 aliphatic heterocycles. The summed E-state index contributed by atoms with van der Waals surface area (Å²) in [4.78, 5) is 4.73. The lowest BCUT2D eigenvalue weighted by atomic mass is 10.1. The molecule has 20 heavy (non-hydrogen) atoms. The first-order chi connectivity index (χ1) is 9.38. The second kappa shape index (κ2) is 5.77. The van der Waals surface area contributed by atoms with Gasteiger partial charge in [-0.25, -0.2) is 0 Å². The van der Waals surface area contributed by atoms with E-state index >= 15 is 0 Å². The molecule has 1 aromatic carbocycles. The van der Waals surface area contributed by atoms with Crippen LogP contribution in [0.2, 0.25) is 5.02 Å². The molecule has 104 valence electrons. The number of benzene rings is 1. The van der Waals surface area contributed by atoms with Crippen molar-refractivity contribution in [3.05, 3.63) is 51.8 Å². The molecule has 0 saturated carbocycles. The first-order valence-corrected chi connectivity index (χ1v) is 6.98. The largest absolute Gasteiger partial charge is 0.389 e. The van der Waals surface area contributed by atoms with Gasteiger partial charge in [0.25, 0.3) is 0 Å². The molecular formula is C15H16ClN3S. The van der Waals surface area contributed by atoms with E-state index in [9.17, 15) is 0 Å². The number of halogens is 1. The van der Waals surface area contributed by atoms with Crippen molar-refractivity contribution < 1.29 is 0 Å². The topological polar surface area (TPSA) is 50.9 Å². The van der Waals surface area contributed by atoms with Gasteiger partial charge in [-0.1, -0.05) is 29.9 Å². The normalized spacial score (nSPS) is 10.4. The lowest BCUT2D eigenvalue weighted by Crippen LogP contribution is -2.15. The zero-order valence-corrected chi connectivity index (χ0v) is 13.2. The summed E-state index contributed by atoms with van der Waals surface area (Å²) in [6.45, 7) is 5.85. The Morgan fingerprint density at radius 3 is 2.55 bits per heavy atom. The first kappa shape index (κ1) is 14.8. The molecule has 1 aromatic heterocycles. The number of rotatable bonds is 3. The molecule has 5 heteroatoms. The fourth-order valence-corrected chi connectivity index (χ4v) is 2.54. The van der Waals surface area contributed by atoms with Gasteiger partial charge in [0.1, 0.15) is 4.99 Å². The quantitative estimate of drug-likeness (QED) is 0.840. The third-order valence-electron chi connectivity index (χ3n) is 3.04. The molecule has 0 atom stereocenters. The fraction of sp³-hybridized carbons (Fsp3) is 0.200. The van der Waals surface area contributed by atoms with Crippen LogP contribution in [-0.2, 0) is 0 Å². The lowest BCUT2D eigenvalue weighted by molar-refractivity contribution is 1.11. The van der Waals surface area contributed by atoms with E-state index in [1.54, 1.807) is 0 Å². The molecule has 0 bridgehead atoms. The molecule has 0 aliphatic rings. The van der Waals surface area contributed by atoms with Crippen molar-refractivity contribution in [3.63, 3.8) is 0 Å². The van der Waals surface area contributed by atoms with E-state index < -0.39 is 0 Å². The zero-order chi connectivity index (χ0) is 14.9. The van der Waals surface area contributed by atoms with Gasteiger partial charge in [0.05, 0.1) is 11.3 Å². The van der Waals surface area contributed by atoms with Crippen LogP contribution in [0.15, 0.2) is 24.3 Å². The van der Waals surface area contributed by atoms with Crippen LogP contribution in [0.4, 0.5) is 11.4 Å². The Morgan fingerprint density at radius 2 is 1.90 bits per heavy atom. The number of anilines is 2. The van der Waals surface area contributed by atoms with Crippen LogP contribution in [0.5, 0.6) is 0 Å². The molecule has 0 amide bonds. The summed E-state index contributed by atoms with van der Waals surface area (Å²) >= 11 is 11.2. The van der Waals surface area contributed by atoms with E-state index in [0.29, 0.717) is 10.0 Å². The lowest BCUT2D eigenvalue weighted by Gasteiger charge is -2.16. The molecule has 0 saturated heterocycles. The Bertz CT molecular complexity index is 683. The number of pyridine rings is 1. The number of hydrogen-bond donors (Lipinski definition) is 2. The molecule has 3 nitrogen and oxygen atoms in total. The highest BCUT2D eigenvalue weighted by Crippen LogP contribution is 2.27. The highest BCUT2D eigenvalue weighted by molar-refractivity contribution is 7.80. The van der Waals surface area contributed by atoms with Crippen LogP contribution >= 0.6 is 23.8 Å².